The lowest BCUT2D eigenvalue weighted by atomic mass is 10.0. The Morgan fingerprint density at radius 3 is 2.05 bits per heavy atom. The van der Waals surface area contributed by atoms with E-state index >= 15 is 0 Å². The second-order valence-electron chi connectivity index (χ2n) is 5.78. The van der Waals surface area contributed by atoms with Gasteiger partial charge in [0.05, 0.1) is 0 Å². The summed E-state index contributed by atoms with van der Waals surface area (Å²) in [6.07, 6.45) is 0. The van der Waals surface area contributed by atoms with Crippen molar-refractivity contribution in [2.45, 2.75) is 33.7 Å². The van der Waals surface area contributed by atoms with Crippen molar-refractivity contribution in [3.63, 3.8) is 0 Å². The number of ether oxygens (including phenoxy) is 1. The first kappa shape index (κ1) is 15.4. The van der Waals surface area contributed by atoms with E-state index in [1.54, 1.807) is 0 Å². The molecular formula is C12H20N2O5. The Bertz CT molecular complexity index is 389. The molecule has 7 heteroatoms. The first-order chi connectivity index (χ1) is 8.59. The van der Waals surface area contributed by atoms with Gasteiger partial charge >= 0.3 is 12.0 Å². The number of nitrogens with one attached hydrogen (secondary N) is 2. The molecule has 0 radical (unpaired) electrons. The lowest BCUT2D eigenvalue weighted by Crippen LogP contribution is -2.43. The Labute approximate surface area is 111 Å². The van der Waals surface area contributed by atoms with Crippen molar-refractivity contribution < 1.29 is 24.2 Å². The van der Waals surface area contributed by atoms with Crippen LogP contribution in [-0.4, -0.2) is 42.3 Å². The average molecular weight is 272 g/mol. The molecule has 3 N–H and O–H groups in total. The monoisotopic (exact) mass is 272 g/mol. The molecule has 3 amide bonds. The van der Waals surface area contributed by atoms with Crippen molar-refractivity contribution >= 4 is 17.9 Å². The number of hydrogen-bond acceptors (Lipinski definition) is 4. The van der Waals surface area contributed by atoms with E-state index in [0.717, 1.165) is 0 Å². The van der Waals surface area contributed by atoms with Crippen LogP contribution in [0.3, 0.4) is 0 Å². The average Bonchev–Trinajstić information content (AvgIpc) is 2.60. The third-order valence-corrected chi connectivity index (χ3v) is 4.01. The number of urea groups is 1. The van der Waals surface area contributed by atoms with E-state index in [0.29, 0.717) is 0 Å². The predicted octanol–water partition coefficient (Wildman–Crippen LogP) is 0.348. The van der Waals surface area contributed by atoms with Crippen molar-refractivity contribution in [1.29, 1.82) is 0 Å². The number of amides is 3. The maximum atomic E-state index is 11.6. The van der Waals surface area contributed by atoms with Crippen LogP contribution in [0.1, 0.15) is 27.7 Å². The zero-order valence-electron chi connectivity index (χ0n) is 11.6. The topological polar surface area (TPSA) is 105 Å². The molecule has 1 aliphatic rings. The van der Waals surface area contributed by atoms with E-state index in [9.17, 15) is 14.4 Å². The molecule has 0 aliphatic heterocycles. The van der Waals surface area contributed by atoms with Gasteiger partial charge in [-0.15, -0.1) is 0 Å². The highest BCUT2D eigenvalue weighted by Gasteiger charge is 2.65. The number of carbonyl (C=O) groups excluding carboxylic acids is 2. The third-order valence-electron chi connectivity index (χ3n) is 4.01. The van der Waals surface area contributed by atoms with Crippen LogP contribution < -0.4 is 10.6 Å². The highest BCUT2D eigenvalue weighted by Crippen LogP contribution is 2.62. The number of carboxylic acids is 1. The SMILES string of the molecule is CC1(C)C(NC(=O)NC(=O)COCC(=O)O)C1(C)C. The summed E-state index contributed by atoms with van der Waals surface area (Å²) in [4.78, 5) is 33.0. The molecule has 0 saturated heterocycles. The summed E-state index contributed by atoms with van der Waals surface area (Å²) in [5.74, 6) is -1.84. The number of imide groups is 1. The molecule has 0 aromatic heterocycles. The summed E-state index contributed by atoms with van der Waals surface area (Å²) in [5, 5.41) is 13.1. The first-order valence-electron chi connectivity index (χ1n) is 5.99. The lowest BCUT2D eigenvalue weighted by molar-refractivity contribution is -0.143. The van der Waals surface area contributed by atoms with Crippen molar-refractivity contribution in [3.8, 4) is 0 Å². The second-order valence-corrected chi connectivity index (χ2v) is 5.78. The Hall–Kier alpha value is -1.63. The largest absolute Gasteiger partial charge is 0.480 e. The van der Waals surface area contributed by atoms with Gasteiger partial charge in [-0.1, -0.05) is 27.7 Å². The maximum Gasteiger partial charge on any atom is 0.329 e. The summed E-state index contributed by atoms with van der Waals surface area (Å²) in [5.41, 5.74) is -0.0413. The van der Waals surface area contributed by atoms with Gasteiger partial charge in [0.1, 0.15) is 13.2 Å². The van der Waals surface area contributed by atoms with E-state index in [2.05, 4.69) is 15.4 Å². The molecule has 0 aromatic rings. The second kappa shape index (κ2) is 5.16. The Balaban J connectivity index is 2.29. The molecule has 19 heavy (non-hydrogen) atoms. The summed E-state index contributed by atoms with van der Waals surface area (Å²) >= 11 is 0. The van der Waals surface area contributed by atoms with Gasteiger partial charge in [-0.25, -0.2) is 9.59 Å². The van der Waals surface area contributed by atoms with Gasteiger partial charge in [0.25, 0.3) is 5.91 Å². The van der Waals surface area contributed by atoms with Crippen LogP contribution in [0.4, 0.5) is 4.79 Å². The molecule has 108 valence electrons. The van der Waals surface area contributed by atoms with Gasteiger partial charge < -0.3 is 15.2 Å². The van der Waals surface area contributed by atoms with Crippen LogP contribution in [0.25, 0.3) is 0 Å². The molecule has 0 unspecified atom stereocenters. The summed E-state index contributed by atoms with van der Waals surface area (Å²) in [6.45, 7) is 7.12. The highest BCUT2D eigenvalue weighted by molar-refractivity contribution is 5.95. The molecule has 1 aliphatic carbocycles. The fraction of sp³-hybridized carbons (Fsp3) is 0.750. The van der Waals surface area contributed by atoms with E-state index in [1.807, 2.05) is 27.7 Å². The third kappa shape index (κ3) is 3.44. The molecule has 1 rings (SSSR count). The van der Waals surface area contributed by atoms with E-state index < -0.39 is 31.1 Å². The molecular weight excluding hydrogens is 252 g/mol. The van der Waals surface area contributed by atoms with Crippen LogP contribution in [0.2, 0.25) is 0 Å². The zero-order valence-corrected chi connectivity index (χ0v) is 11.6. The maximum absolute atomic E-state index is 11.6. The lowest BCUT2D eigenvalue weighted by Gasteiger charge is -2.08. The molecule has 7 nitrogen and oxygen atoms in total. The first-order valence-corrected chi connectivity index (χ1v) is 5.99. The number of carboxylic acid groups (broad SMARTS) is 1. The fourth-order valence-electron chi connectivity index (χ4n) is 2.12. The summed E-state index contributed by atoms with van der Waals surface area (Å²) in [7, 11) is 0. The smallest absolute Gasteiger partial charge is 0.329 e. The molecule has 1 saturated carbocycles. The highest BCUT2D eigenvalue weighted by atomic mass is 16.5. The normalized spacial score (nSPS) is 19.6. The molecule has 1 fully saturated rings. The number of carbonyl (C=O) groups is 3. The molecule has 0 atom stereocenters. The Morgan fingerprint density at radius 1 is 1.11 bits per heavy atom. The quantitative estimate of drug-likeness (QED) is 0.669. The predicted molar refractivity (Wildman–Crippen MR) is 66.5 cm³/mol. The van der Waals surface area contributed by atoms with Crippen molar-refractivity contribution in [3.05, 3.63) is 0 Å². The molecule has 0 spiro atoms. The minimum atomic E-state index is -1.17. The van der Waals surface area contributed by atoms with Gasteiger partial charge in [-0.05, 0) is 10.8 Å². The Morgan fingerprint density at radius 2 is 1.63 bits per heavy atom. The van der Waals surface area contributed by atoms with Crippen LogP contribution in [0, 0.1) is 10.8 Å². The number of aliphatic carboxylic acids is 1. The molecule has 0 aromatic carbocycles. The standard InChI is InChI=1S/C12H20N2O5/c1-11(2)9(12(11,3)4)14-10(18)13-7(15)5-19-6-8(16)17/h9H,5-6H2,1-4H3,(H,16,17)(H2,13,14,15,18). The van der Waals surface area contributed by atoms with Gasteiger partial charge in [0.2, 0.25) is 0 Å². The van der Waals surface area contributed by atoms with Gasteiger partial charge in [-0.2, -0.15) is 0 Å². The minimum absolute atomic E-state index is 0.00672. The zero-order chi connectivity index (χ0) is 14.8. The van der Waals surface area contributed by atoms with Crippen molar-refractivity contribution in [2.75, 3.05) is 13.2 Å². The van der Waals surface area contributed by atoms with E-state index in [-0.39, 0.29) is 16.9 Å². The minimum Gasteiger partial charge on any atom is -0.480 e. The van der Waals surface area contributed by atoms with Gasteiger partial charge in [0, 0.05) is 6.04 Å². The van der Waals surface area contributed by atoms with Crippen LogP contribution in [0.15, 0.2) is 0 Å². The Kier molecular flexibility index (Phi) is 4.19. The fourth-order valence-corrected chi connectivity index (χ4v) is 2.12. The van der Waals surface area contributed by atoms with Gasteiger partial charge in [-0.3, -0.25) is 10.1 Å². The summed E-state index contributed by atoms with van der Waals surface area (Å²) < 4.78 is 4.57. The molecule has 0 heterocycles. The molecule has 0 bridgehead atoms. The number of rotatable bonds is 5. The number of hydrogen-bond donors (Lipinski definition) is 3. The van der Waals surface area contributed by atoms with Crippen LogP contribution in [0.5, 0.6) is 0 Å². The van der Waals surface area contributed by atoms with Crippen LogP contribution >= 0.6 is 0 Å². The van der Waals surface area contributed by atoms with Gasteiger partial charge in [0.15, 0.2) is 0 Å². The van der Waals surface area contributed by atoms with Crippen LogP contribution in [-0.2, 0) is 14.3 Å². The van der Waals surface area contributed by atoms with E-state index in [4.69, 9.17) is 5.11 Å². The summed E-state index contributed by atoms with van der Waals surface area (Å²) in [6, 6.07) is -0.597. The van der Waals surface area contributed by atoms with Crippen molar-refractivity contribution in [1.82, 2.24) is 10.6 Å². The van der Waals surface area contributed by atoms with Crippen molar-refractivity contribution in [2.24, 2.45) is 10.8 Å². The van der Waals surface area contributed by atoms with E-state index in [1.165, 1.54) is 0 Å².